The molecule has 3 N–H and O–H groups in total. The molecule has 3 heteroatoms. The lowest BCUT2D eigenvalue weighted by Crippen LogP contribution is -2.29. The lowest BCUT2D eigenvalue weighted by molar-refractivity contribution is -0.142. The molecule has 0 aromatic rings. The molecule has 0 saturated carbocycles. The van der Waals surface area contributed by atoms with Crippen LogP contribution < -0.4 is 5.73 Å². The summed E-state index contributed by atoms with van der Waals surface area (Å²) in [4.78, 5) is 10.7. The second kappa shape index (κ2) is 5.22. The van der Waals surface area contributed by atoms with E-state index in [-0.39, 0.29) is 17.9 Å². The highest BCUT2D eigenvalue weighted by atomic mass is 16.4. The fraction of sp³-hybridized carbons (Fsp3) is 0.900. The van der Waals surface area contributed by atoms with Gasteiger partial charge in [0.25, 0.3) is 0 Å². The summed E-state index contributed by atoms with van der Waals surface area (Å²) in [7, 11) is 0. The zero-order valence-electron chi connectivity index (χ0n) is 8.84. The van der Waals surface area contributed by atoms with Crippen molar-refractivity contribution < 1.29 is 9.90 Å². The Balaban J connectivity index is 4.13. The van der Waals surface area contributed by atoms with Gasteiger partial charge >= 0.3 is 5.97 Å². The van der Waals surface area contributed by atoms with Crippen molar-refractivity contribution in [2.24, 2.45) is 17.1 Å². The van der Waals surface area contributed by atoms with Crippen molar-refractivity contribution in [3.05, 3.63) is 0 Å². The Morgan fingerprint density at radius 1 is 1.54 bits per heavy atom. The van der Waals surface area contributed by atoms with E-state index in [0.29, 0.717) is 6.42 Å². The van der Waals surface area contributed by atoms with Crippen LogP contribution in [-0.4, -0.2) is 17.6 Å². The summed E-state index contributed by atoms with van der Waals surface area (Å²) in [5.74, 6) is -1.16. The highest BCUT2D eigenvalue weighted by molar-refractivity contribution is 5.70. The third-order valence-electron chi connectivity index (χ3n) is 2.36. The van der Waals surface area contributed by atoms with Crippen molar-refractivity contribution >= 4 is 5.97 Å². The highest BCUT2D eigenvalue weighted by Gasteiger charge is 2.25. The van der Waals surface area contributed by atoms with Crippen molar-refractivity contribution in [2.45, 2.75) is 40.0 Å². The number of carbonyl (C=O) groups is 1. The Labute approximate surface area is 80.3 Å². The summed E-state index contributed by atoms with van der Waals surface area (Å²) >= 11 is 0. The summed E-state index contributed by atoms with van der Waals surface area (Å²) in [6.45, 7) is 6.55. The fourth-order valence-electron chi connectivity index (χ4n) is 1.72. The highest BCUT2D eigenvalue weighted by Crippen LogP contribution is 2.30. The average Bonchev–Trinajstić information content (AvgIpc) is 1.99. The summed E-state index contributed by atoms with van der Waals surface area (Å²) in [6, 6.07) is 0. The van der Waals surface area contributed by atoms with Crippen LogP contribution >= 0.6 is 0 Å². The van der Waals surface area contributed by atoms with Crippen molar-refractivity contribution in [3.63, 3.8) is 0 Å². The van der Waals surface area contributed by atoms with E-state index in [1.54, 1.807) is 0 Å². The molecule has 0 heterocycles. The summed E-state index contributed by atoms with van der Waals surface area (Å²) in [6.07, 6.45) is 2.81. The molecule has 1 atom stereocenters. The zero-order chi connectivity index (χ0) is 10.5. The summed E-state index contributed by atoms with van der Waals surface area (Å²) < 4.78 is 0. The van der Waals surface area contributed by atoms with Gasteiger partial charge in [0.2, 0.25) is 0 Å². The van der Waals surface area contributed by atoms with Crippen LogP contribution in [0.3, 0.4) is 0 Å². The van der Waals surface area contributed by atoms with Crippen LogP contribution in [-0.2, 0) is 4.79 Å². The summed E-state index contributed by atoms with van der Waals surface area (Å²) in [5, 5.41) is 8.82. The van der Waals surface area contributed by atoms with Crippen LogP contribution in [0.25, 0.3) is 0 Å². The normalized spacial score (nSPS) is 14.2. The monoisotopic (exact) mass is 187 g/mol. The third-order valence-corrected chi connectivity index (χ3v) is 2.36. The summed E-state index contributed by atoms with van der Waals surface area (Å²) in [5.41, 5.74) is 5.49. The van der Waals surface area contributed by atoms with E-state index in [9.17, 15) is 4.79 Å². The first-order chi connectivity index (χ1) is 5.93. The van der Waals surface area contributed by atoms with E-state index in [1.807, 2.05) is 0 Å². The maximum absolute atomic E-state index is 10.7. The van der Waals surface area contributed by atoms with Crippen molar-refractivity contribution in [1.29, 1.82) is 0 Å². The molecule has 78 valence electrons. The topological polar surface area (TPSA) is 63.3 Å². The molecule has 0 radical (unpaired) electrons. The molecule has 0 aliphatic carbocycles. The lowest BCUT2D eigenvalue weighted by Gasteiger charge is -2.26. The molecule has 0 spiro atoms. The van der Waals surface area contributed by atoms with Crippen molar-refractivity contribution in [2.75, 3.05) is 6.54 Å². The number of hydrogen-bond donors (Lipinski definition) is 2. The van der Waals surface area contributed by atoms with E-state index in [0.717, 1.165) is 12.8 Å². The number of rotatable bonds is 6. The third kappa shape index (κ3) is 4.88. The van der Waals surface area contributed by atoms with Gasteiger partial charge in [0, 0.05) is 6.54 Å². The van der Waals surface area contributed by atoms with E-state index >= 15 is 0 Å². The maximum Gasteiger partial charge on any atom is 0.307 e. The Bertz CT molecular complexity index is 166. The molecule has 3 nitrogen and oxygen atoms in total. The first-order valence-electron chi connectivity index (χ1n) is 4.86. The first-order valence-corrected chi connectivity index (χ1v) is 4.86. The van der Waals surface area contributed by atoms with E-state index in [1.165, 1.54) is 0 Å². The van der Waals surface area contributed by atoms with Crippen LogP contribution in [0.5, 0.6) is 0 Å². The molecule has 0 saturated heterocycles. The van der Waals surface area contributed by atoms with Gasteiger partial charge in [-0.2, -0.15) is 0 Å². The molecule has 0 aromatic carbocycles. The van der Waals surface area contributed by atoms with Gasteiger partial charge in [0.05, 0.1) is 5.92 Å². The molecule has 0 rings (SSSR count). The van der Waals surface area contributed by atoms with Gasteiger partial charge < -0.3 is 10.8 Å². The van der Waals surface area contributed by atoms with E-state index in [4.69, 9.17) is 10.8 Å². The molecule has 1 unspecified atom stereocenters. The Morgan fingerprint density at radius 2 is 2.08 bits per heavy atom. The van der Waals surface area contributed by atoms with Gasteiger partial charge in [-0.15, -0.1) is 0 Å². The molecular formula is C10H21NO2. The average molecular weight is 187 g/mol. The Morgan fingerprint density at radius 3 is 2.38 bits per heavy atom. The van der Waals surface area contributed by atoms with Gasteiger partial charge in [0.1, 0.15) is 0 Å². The van der Waals surface area contributed by atoms with Gasteiger partial charge in [0.15, 0.2) is 0 Å². The van der Waals surface area contributed by atoms with Crippen molar-refractivity contribution in [1.82, 2.24) is 0 Å². The number of hydrogen-bond acceptors (Lipinski definition) is 2. The predicted octanol–water partition coefficient (Wildman–Crippen LogP) is 1.86. The molecule has 0 fully saturated rings. The number of nitrogens with two attached hydrogens (primary N) is 1. The Kier molecular flexibility index (Phi) is 4.99. The molecular weight excluding hydrogens is 166 g/mol. The molecule has 0 amide bonds. The van der Waals surface area contributed by atoms with Crippen LogP contribution in [0.1, 0.15) is 40.0 Å². The van der Waals surface area contributed by atoms with E-state index < -0.39 is 5.97 Å². The maximum atomic E-state index is 10.7. The lowest BCUT2D eigenvalue weighted by atomic mass is 9.79. The Hall–Kier alpha value is -0.570. The van der Waals surface area contributed by atoms with Crippen molar-refractivity contribution in [3.8, 4) is 0 Å². The molecule has 13 heavy (non-hydrogen) atoms. The standard InChI is InChI=1S/C10H21NO2/c1-4-5-10(2,3)6-8(7-11)9(12)13/h8H,4-7,11H2,1-3H3,(H,12,13). The minimum absolute atomic E-state index is 0.0944. The number of carboxylic acids is 1. The zero-order valence-corrected chi connectivity index (χ0v) is 8.84. The van der Waals surface area contributed by atoms with Gasteiger partial charge in [-0.05, 0) is 18.3 Å². The minimum Gasteiger partial charge on any atom is -0.481 e. The number of carboxylic acid groups (broad SMARTS) is 1. The molecule has 0 aliphatic rings. The SMILES string of the molecule is CCCC(C)(C)CC(CN)C(=O)O. The number of aliphatic carboxylic acids is 1. The fourth-order valence-corrected chi connectivity index (χ4v) is 1.72. The van der Waals surface area contributed by atoms with Gasteiger partial charge in [-0.3, -0.25) is 4.79 Å². The second-order valence-electron chi connectivity index (χ2n) is 4.39. The van der Waals surface area contributed by atoms with Crippen LogP contribution in [0, 0.1) is 11.3 Å². The van der Waals surface area contributed by atoms with Crippen LogP contribution in [0.15, 0.2) is 0 Å². The predicted molar refractivity (Wildman–Crippen MR) is 53.5 cm³/mol. The quantitative estimate of drug-likeness (QED) is 0.667. The molecule has 0 aliphatic heterocycles. The van der Waals surface area contributed by atoms with E-state index in [2.05, 4.69) is 20.8 Å². The van der Waals surface area contributed by atoms with Gasteiger partial charge in [-0.25, -0.2) is 0 Å². The smallest absolute Gasteiger partial charge is 0.307 e. The van der Waals surface area contributed by atoms with Crippen LogP contribution in [0.2, 0.25) is 0 Å². The minimum atomic E-state index is -0.772. The first kappa shape index (κ1) is 12.4. The largest absolute Gasteiger partial charge is 0.481 e. The second-order valence-corrected chi connectivity index (χ2v) is 4.39. The van der Waals surface area contributed by atoms with Gasteiger partial charge in [-0.1, -0.05) is 27.2 Å². The van der Waals surface area contributed by atoms with Crippen LogP contribution in [0.4, 0.5) is 0 Å². The molecule has 0 bridgehead atoms. The molecule has 0 aromatic heterocycles.